The van der Waals surface area contributed by atoms with Gasteiger partial charge in [0.2, 0.25) is 0 Å². The third-order valence-corrected chi connectivity index (χ3v) is 2.83. The van der Waals surface area contributed by atoms with Crippen LogP contribution in [0, 0.1) is 0 Å². The van der Waals surface area contributed by atoms with Gasteiger partial charge in [0.25, 0.3) is 5.91 Å². The third kappa shape index (κ3) is 2.97. The molecule has 2 aromatic heterocycles. The largest absolute Gasteiger partial charge is 0.464 e. The summed E-state index contributed by atoms with van der Waals surface area (Å²) < 4.78 is 6.57. The molecule has 0 bridgehead atoms. The minimum Gasteiger partial charge on any atom is -0.464 e. The second kappa shape index (κ2) is 6.21. The molecule has 2 rings (SSSR count). The molecule has 0 aliphatic carbocycles. The zero-order valence-corrected chi connectivity index (χ0v) is 11.1. The zero-order chi connectivity index (χ0) is 14.5. The molecule has 1 amide bonds. The van der Waals surface area contributed by atoms with Gasteiger partial charge >= 0.3 is 5.97 Å². The molecule has 0 saturated carbocycles. The number of aliphatic hydroxyl groups is 1. The van der Waals surface area contributed by atoms with Gasteiger partial charge in [0.15, 0.2) is 6.04 Å². The Morgan fingerprint density at radius 2 is 2.25 bits per heavy atom. The lowest BCUT2D eigenvalue weighted by molar-refractivity contribution is -0.146. The molecule has 0 spiro atoms. The van der Waals surface area contributed by atoms with E-state index in [1.807, 2.05) is 24.4 Å². The lowest BCUT2D eigenvalue weighted by Gasteiger charge is -2.14. The summed E-state index contributed by atoms with van der Waals surface area (Å²) in [6, 6.07) is 6.24. The molecule has 2 heterocycles. The molecule has 0 unspecified atom stereocenters. The van der Waals surface area contributed by atoms with E-state index in [1.165, 1.54) is 0 Å². The molecule has 0 aliphatic heterocycles. The standard InChI is InChI=1S/C14H16N2O4/c1-2-20-14(19)12(9-17)15-13(18)10-7-11-5-3-4-6-16(11)8-10/h3-8,12,17H,2,9H2,1H3,(H,15,18)/t12-/m0/s1. The van der Waals surface area contributed by atoms with Gasteiger partial charge < -0.3 is 19.6 Å². The molecule has 2 aromatic rings. The van der Waals surface area contributed by atoms with Crippen molar-refractivity contribution in [2.24, 2.45) is 0 Å². The summed E-state index contributed by atoms with van der Waals surface area (Å²) in [4.78, 5) is 23.6. The van der Waals surface area contributed by atoms with Crippen molar-refractivity contribution in [1.29, 1.82) is 0 Å². The average Bonchev–Trinajstić information content (AvgIpc) is 2.88. The van der Waals surface area contributed by atoms with Crippen molar-refractivity contribution >= 4 is 17.4 Å². The van der Waals surface area contributed by atoms with Gasteiger partial charge in [-0.05, 0) is 25.1 Å². The van der Waals surface area contributed by atoms with Gasteiger partial charge in [-0.15, -0.1) is 0 Å². The summed E-state index contributed by atoms with van der Waals surface area (Å²) in [5, 5.41) is 11.6. The van der Waals surface area contributed by atoms with Crippen LogP contribution in [0.4, 0.5) is 0 Å². The lowest BCUT2D eigenvalue weighted by Crippen LogP contribution is -2.44. The van der Waals surface area contributed by atoms with Crippen LogP contribution >= 0.6 is 0 Å². The summed E-state index contributed by atoms with van der Waals surface area (Å²) in [7, 11) is 0. The minimum atomic E-state index is -1.05. The number of amides is 1. The first-order valence-electron chi connectivity index (χ1n) is 6.30. The summed E-state index contributed by atoms with van der Waals surface area (Å²) in [5.41, 5.74) is 1.29. The molecule has 0 radical (unpaired) electrons. The number of carbonyl (C=O) groups excluding carboxylic acids is 2. The first-order valence-corrected chi connectivity index (χ1v) is 6.30. The van der Waals surface area contributed by atoms with Crippen LogP contribution in [0.15, 0.2) is 36.7 Å². The first-order chi connectivity index (χ1) is 9.65. The molecule has 20 heavy (non-hydrogen) atoms. The smallest absolute Gasteiger partial charge is 0.331 e. The molecular weight excluding hydrogens is 260 g/mol. The number of pyridine rings is 1. The molecule has 106 valence electrons. The van der Waals surface area contributed by atoms with Crippen LogP contribution in [0.2, 0.25) is 0 Å². The van der Waals surface area contributed by atoms with Gasteiger partial charge in [-0.3, -0.25) is 4.79 Å². The summed E-state index contributed by atoms with van der Waals surface area (Å²) in [6.45, 7) is 1.36. The number of fused-ring (bicyclic) bond motifs is 1. The van der Waals surface area contributed by atoms with Crippen molar-refractivity contribution in [2.75, 3.05) is 13.2 Å². The Bertz CT molecular complexity index is 587. The second-order valence-electron chi connectivity index (χ2n) is 4.22. The first kappa shape index (κ1) is 14.1. The highest BCUT2D eigenvalue weighted by Gasteiger charge is 2.22. The van der Waals surface area contributed by atoms with E-state index in [0.29, 0.717) is 5.56 Å². The number of esters is 1. The topological polar surface area (TPSA) is 80.0 Å². The number of rotatable bonds is 5. The number of ether oxygens (including phenoxy) is 1. The second-order valence-corrected chi connectivity index (χ2v) is 4.22. The third-order valence-electron chi connectivity index (χ3n) is 2.83. The predicted molar refractivity (Wildman–Crippen MR) is 72.4 cm³/mol. The number of carbonyl (C=O) groups is 2. The van der Waals surface area contributed by atoms with E-state index in [2.05, 4.69) is 5.32 Å². The van der Waals surface area contributed by atoms with E-state index in [0.717, 1.165) is 5.52 Å². The number of nitrogens with zero attached hydrogens (tertiary/aromatic N) is 1. The maximum absolute atomic E-state index is 12.0. The summed E-state index contributed by atoms with van der Waals surface area (Å²) in [5.74, 6) is -1.08. The maximum Gasteiger partial charge on any atom is 0.331 e. The summed E-state index contributed by atoms with van der Waals surface area (Å²) >= 11 is 0. The maximum atomic E-state index is 12.0. The molecular formula is C14H16N2O4. The number of aromatic nitrogens is 1. The van der Waals surface area contributed by atoms with Gasteiger partial charge in [0.1, 0.15) is 0 Å². The molecule has 0 fully saturated rings. The normalized spacial score (nSPS) is 12.1. The Labute approximate surface area is 116 Å². The molecule has 0 aromatic carbocycles. The molecule has 6 heteroatoms. The van der Waals surface area contributed by atoms with Crippen molar-refractivity contribution in [2.45, 2.75) is 13.0 Å². The van der Waals surface area contributed by atoms with Crippen molar-refractivity contribution in [1.82, 2.24) is 9.72 Å². The Morgan fingerprint density at radius 1 is 1.45 bits per heavy atom. The fraction of sp³-hybridized carbons (Fsp3) is 0.286. The van der Waals surface area contributed by atoms with Crippen LogP contribution in [0.5, 0.6) is 0 Å². The van der Waals surface area contributed by atoms with Gasteiger partial charge in [0, 0.05) is 17.9 Å². The number of hydrogen-bond donors (Lipinski definition) is 2. The van der Waals surface area contributed by atoms with Crippen molar-refractivity contribution in [3.63, 3.8) is 0 Å². The van der Waals surface area contributed by atoms with E-state index in [4.69, 9.17) is 9.84 Å². The Morgan fingerprint density at radius 3 is 2.90 bits per heavy atom. The van der Waals surface area contributed by atoms with Gasteiger partial charge in [-0.2, -0.15) is 0 Å². The number of aliphatic hydroxyl groups excluding tert-OH is 1. The van der Waals surface area contributed by atoms with E-state index in [9.17, 15) is 9.59 Å². The van der Waals surface area contributed by atoms with Gasteiger partial charge in [-0.25, -0.2) is 4.79 Å². The van der Waals surface area contributed by atoms with E-state index < -0.39 is 24.5 Å². The fourth-order valence-corrected chi connectivity index (χ4v) is 1.84. The van der Waals surface area contributed by atoms with E-state index in [-0.39, 0.29) is 6.61 Å². The quantitative estimate of drug-likeness (QED) is 0.783. The highest BCUT2D eigenvalue weighted by Crippen LogP contribution is 2.09. The number of hydrogen-bond acceptors (Lipinski definition) is 4. The van der Waals surface area contributed by atoms with Crippen molar-refractivity contribution < 1.29 is 19.4 Å². The SMILES string of the molecule is CCOC(=O)[C@H](CO)NC(=O)c1cc2ccccn2c1. The Kier molecular flexibility index (Phi) is 4.37. The number of nitrogens with one attached hydrogen (secondary N) is 1. The highest BCUT2D eigenvalue weighted by atomic mass is 16.5. The molecule has 2 N–H and O–H groups in total. The van der Waals surface area contributed by atoms with Crippen LogP contribution < -0.4 is 5.32 Å². The van der Waals surface area contributed by atoms with Crippen LogP contribution in [-0.2, 0) is 9.53 Å². The van der Waals surface area contributed by atoms with Crippen molar-refractivity contribution in [3.05, 3.63) is 42.2 Å². The van der Waals surface area contributed by atoms with Gasteiger partial charge in [-0.1, -0.05) is 6.07 Å². The zero-order valence-electron chi connectivity index (χ0n) is 11.1. The minimum absolute atomic E-state index is 0.196. The molecule has 0 aliphatic rings. The summed E-state index contributed by atoms with van der Waals surface area (Å²) in [6.07, 6.45) is 3.48. The molecule has 1 atom stereocenters. The van der Waals surface area contributed by atoms with Crippen molar-refractivity contribution in [3.8, 4) is 0 Å². The lowest BCUT2D eigenvalue weighted by atomic mass is 10.2. The highest BCUT2D eigenvalue weighted by molar-refractivity contribution is 5.98. The van der Waals surface area contributed by atoms with Crippen LogP contribution in [-0.4, -0.2) is 40.6 Å². The van der Waals surface area contributed by atoms with Crippen LogP contribution in [0.25, 0.3) is 5.52 Å². The van der Waals surface area contributed by atoms with E-state index in [1.54, 1.807) is 23.6 Å². The van der Waals surface area contributed by atoms with E-state index >= 15 is 0 Å². The molecule has 0 saturated heterocycles. The Balaban J connectivity index is 2.12. The fourth-order valence-electron chi connectivity index (χ4n) is 1.84. The Hall–Kier alpha value is -2.34. The average molecular weight is 276 g/mol. The predicted octanol–water partition coefficient (Wildman–Crippen LogP) is 0.593. The van der Waals surface area contributed by atoms with Crippen LogP contribution in [0.1, 0.15) is 17.3 Å². The van der Waals surface area contributed by atoms with Crippen LogP contribution in [0.3, 0.4) is 0 Å². The monoisotopic (exact) mass is 276 g/mol. The van der Waals surface area contributed by atoms with Gasteiger partial charge in [0.05, 0.1) is 18.8 Å². The molecule has 6 nitrogen and oxygen atoms in total.